The summed E-state index contributed by atoms with van der Waals surface area (Å²) >= 11 is 12.4. The predicted molar refractivity (Wildman–Crippen MR) is 127 cm³/mol. The van der Waals surface area contributed by atoms with Crippen molar-refractivity contribution in [2.24, 2.45) is 5.92 Å². The highest BCUT2D eigenvalue weighted by Crippen LogP contribution is 2.37. The monoisotopic (exact) mass is 480 g/mol. The van der Waals surface area contributed by atoms with Crippen molar-refractivity contribution in [1.82, 2.24) is 14.9 Å². The normalized spacial score (nSPS) is 17.6. The molecule has 1 amide bonds. The van der Waals surface area contributed by atoms with E-state index in [1.54, 1.807) is 24.3 Å². The highest BCUT2D eigenvalue weighted by Gasteiger charge is 2.37. The van der Waals surface area contributed by atoms with Gasteiger partial charge in [0.15, 0.2) is 0 Å². The standard InChI is InChI=1S/C25H22Cl2N4O2/c1-16-3-2-4-23(30-16)25(32)31-14-19(9-10-33-24-8-5-17(12-28)13-29-24)20(15-31)18-6-7-21(26)22(27)11-18/h2-8,11,13,19-20H,9-10,14-15H2,1H3. The number of hydrogen-bond acceptors (Lipinski definition) is 5. The zero-order chi connectivity index (χ0) is 23.4. The summed E-state index contributed by atoms with van der Waals surface area (Å²) < 4.78 is 5.81. The second kappa shape index (κ2) is 10.2. The number of hydrogen-bond donors (Lipinski definition) is 0. The molecule has 0 N–H and O–H groups in total. The largest absolute Gasteiger partial charge is 0.478 e. The lowest BCUT2D eigenvalue weighted by Gasteiger charge is -2.19. The van der Waals surface area contributed by atoms with Crippen LogP contribution in [0.1, 0.15) is 39.6 Å². The number of benzene rings is 1. The number of ether oxygens (including phenoxy) is 1. The van der Waals surface area contributed by atoms with Crippen molar-refractivity contribution in [3.8, 4) is 11.9 Å². The molecule has 1 fully saturated rings. The minimum atomic E-state index is -0.0825. The zero-order valence-corrected chi connectivity index (χ0v) is 19.6. The van der Waals surface area contributed by atoms with E-state index in [2.05, 4.69) is 9.97 Å². The summed E-state index contributed by atoms with van der Waals surface area (Å²) in [7, 11) is 0. The second-order valence-corrected chi connectivity index (χ2v) is 8.86. The molecule has 2 atom stereocenters. The van der Waals surface area contributed by atoms with Crippen molar-refractivity contribution in [3.05, 3.63) is 87.3 Å². The van der Waals surface area contributed by atoms with E-state index in [0.29, 0.717) is 46.9 Å². The van der Waals surface area contributed by atoms with Gasteiger partial charge in [-0.2, -0.15) is 5.26 Å². The average Bonchev–Trinajstić information content (AvgIpc) is 3.25. The number of carbonyl (C=O) groups is 1. The van der Waals surface area contributed by atoms with Gasteiger partial charge in [0.25, 0.3) is 5.91 Å². The molecule has 3 aromatic rings. The Morgan fingerprint density at radius 2 is 2.03 bits per heavy atom. The van der Waals surface area contributed by atoms with E-state index in [1.165, 1.54) is 6.20 Å². The third-order valence-electron chi connectivity index (χ3n) is 5.81. The van der Waals surface area contributed by atoms with Gasteiger partial charge in [-0.15, -0.1) is 0 Å². The van der Waals surface area contributed by atoms with Gasteiger partial charge in [-0.1, -0.05) is 35.3 Å². The number of nitriles is 1. The predicted octanol–water partition coefficient (Wildman–Crippen LogP) is 5.29. The molecule has 6 nitrogen and oxygen atoms in total. The summed E-state index contributed by atoms with van der Waals surface area (Å²) in [6, 6.07) is 16.5. The van der Waals surface area contributed by atoms with Crippen LogP contribution in [0.5, 0.6) is 5.88 Å². The number of likely N-dealkylation sites (tertiary alicyclic amines) is 1. The number of carbonyl (C=O) groups excluding carboxylic acids is 1. The van der Waals surface area contributed by atoms with Gasteiger partial charge in [0.2, 0.25) is 5.88 Å². The first-order valence-corrected chi connectivity index (χ1v) is 11.4. The highest BCUT2D eigenvalue weighted by molar-refractivity contribution is 6.42. The molecular weight excluding hydrogens is 459 g/mol. The Balaban J connectivity index is 1.50. The van der Waals surface area contributed by atoms with Crippen LogP contribution in [0.3, 0.4) is 0 Å². The molecule has 1 saturated heterocycles. The minimum absolute atomic E-state index is 0.0825. The molecule has 0 saturated carbocycles. The van der Waals surface area contributed by atoms with Crippen LogP contribution in [0.15, 0.2) is 54.7 Å². The average molecular weight is 481 g/mol. The molecule has 3 heterocycles. The number of halogens is 2. The van der Waals surface area contributed by atoms with Crippen LogP contribution in [-0.4, -0.2) is 40.5 Å². The lowest BCUT2D eigenvalue weighted by atomic mass is 9.87. The molecule has 2 aromatic heterocycles. The van der Waals surface area contributed by atoms with Gasteiger partial charge in [0.1, 0.15) is 11.8 Å². The Kier molecular flexibility index (Phi) is 7.12. The molecule has 4 rings (SSSR count). The molecule has 8 heteroatoms. The van der Waals surface area contributed by atoms with Crippen molar-refractivity contribution in [1.29, 1.82) is 5.26 Å². The first-order valence-electron chi connectivity index (χ1n) is 10.6. The minimum Gasteiger partial charge on any atom is -0.478 e. The van der Waals surface area contributed by atoms with Gasteiger partial charge >= 0.3 is 0 Å². The van der Waals surface area contributed by atoms with Gasteiger partial charge in [-0.05, 0) is 55.2 Å². The lowest BCUT2D eigenvalue weighted by Crippen LogP contribution is -2.30. The fraction of sp³-hybridized carbons (Fsp3) is 0.280. The van der Waals surface area contributed by atoms with E-state index in [9.17, 15) is 4.79 Å². The van der Waals surface area contributed by atoms with Gasteiger partial charge in [0.05, 0.1) is 22.2 Å². The number of aryl methyl sites for hydroxylation is 1. The SMILES string of the molecule is Cc1cccc(C(=O)N2CC(CCOc3ccc(C#N)cn3)C(c3ccc(Cl)c(Cl)c3)C2)n1. The Bertz CT molecular complexity index is 1190. The van der Waals surface area contributed by atoms with Gasteiger partial charge in [0, 0.05) is 37.0 Å². The Morgan fingerprint density at radius 1 is 1.18 bits per heavy atom. The first-order chi connectivity index (χ1) is 15.9. The fourth-order valence-corrected chi connectivity index (χ4v) is 4.43. The van der Waals surface area contributed by atoms with Crippen molar-refractivity contribution in [3.63, 3.8) is 0 Å². The number of rotatable bonds is 6. The first kappa shape index (κ1) is 23.0. The van der Waals surface area contributed by atoms with Crippen molar-refractivity contribution >= 4 is 29.1 Å². The fourth-order valence-electron chi connectivity index (χ4n) is 4.12. The highest BCUT2D eigenvalue weighted by atomic mass is 35.5. The lowest BCUT2D eigenvalue weighted by molar-refractivity contribution is 0.0778. The summed E-state index contributed by atoms with van der Waals surface area (Å²) in [5, 5.41) is 9.90. The van der Waals surface area contributed by atoms with Gasteiger partial charge in [-0.25, -0.2) is 9.97 Å². The molecule has 168 valence electrons. The van der Waals surface area contributed by atoms with Crippen LogP contribution in [0, 0.1) is 24.2 Å². The third-order valence-corrected chi connectivity index (χ3v) is 6.55. The molecule has 0 radical (unpaired) electrons. The number of amides is 1. The van der Waals surface area contributed by atoms with E-state index in [1.807, 2.05) is 42.2 Å². The van der Waals surface area contributed by atoms with Crippen LogP contribution in [-0.2, 0) is 0 Å². The molecule has 1 aromatic carbocycles. The summed E-state index contributed by atoms with van der Waals surface area (Å²) in [4.78, 5) is 23.5. The topological polar surface area (TPSA) is 79.1 Å². The Labute approximate surface area is 202 Å². The maximum atomic E-state index is 13.1. The van der Waals surface area contributed by atoms with E-state index < -0.39 is 0 Å². The molecule has 0 spiro atoms. The van der Waals surface area contributed by atoms with E-state index in [-0.39, 0.29) is 17.7 Å². The van der Waals surface area contributed by atoms with Crippen LogP contribution >= 0.6 is 23.2 Å². The summed E-state index contributed by atoms with van der Waals surface area (Å²) in [5.74, 6) is 0.636. The van der Waals surface area contributed by atoms with Gasteiger partial charge in [-0.3, -0.25) is 4.79 Å². The number of aromatic nitrogens is 2. The molecule has 0 bridgehead atoms. The number of pyridine rings is 2. The summed E-state index contributed by atoms with van der Waals surface area (Å²) in [6.45, 7) is 3.46. The van der Waals surface area contributed by atoms with E-state index >= 15 is 0 Å². The number of nitrogens with zero attached hydrogens (tertiary/aromatic N) is 4. The third kappa shape index (κ3) is 5.44. The molecule has 33 heavy (non-hydrogen) atoms. The quantitative estimate of drug-likeness (QED) is 0.478. The van der Waals surface area contributed by atoms with Gasteiger partial charge < -0.3 is 9.64 Å². The maximum Gasteiger partial charge on any atom is 0.272 e. The molecule has 1 aliphatic heterocycles. The summed E-state index contributed by atoms with van der Waals surface area (Å²) in [5.41, 5.74) is 2.78. The summed E-state index contributed by atoms with van der Waals surface area (Å²) in [6.07, 6.45) is 2.20. The Hall–Kier alpha value is -3.14. The van der Waals surface area contributed by atoms with Crippen molar-refractivity contribution in [2.75, 3.05) is 19.7 Å². The maximum absolute atomic E-state index is 13.1. The molecule has 2 unspecified atom stereocenters. The van der Waals surface area contributed by atoms with E-state index in [0.717, 1.165) is 17.7 Å². The molecular formula is C25H22Cl2N4O2. The van der Waals surface area contributed by atoms with E-state index in [4.69, 9.17) is 33.2 Å². The van der Waals surface area contributed by atoms with Crippen molar-refractivity contribution < 1.29 is 9.53 Å². The van der Waals surface area contributed by atoms with Crippen LogP contribution in [0.4, 0.5) is 0 Å². The molecule has 1 aliphatic rings. The van der Waals surface area contributed by atoms with Crippen LogP contribution < -0.4 is 4.74 Å². The smallest absolute Gasteiger partial charge is 0.272 e. The molecule has 0 aliphatic carbocycles. The van der Waals surface area contributed by atoms with Crippen LogP contribution in [0.25, 0.3) is 0 Å². The zero-order valence-electron chi connectivity index (χ0n) is 18.0. The second-order valence-electron chi connectivity index (χ2n) is 8.05. The van der Waals surface area contributed by atoms with Crippen LogP contribution in [0.2, 0.25) is 10.0 Å². The van der Waals surface area contributed by atoms with Crippen molar-refractivity contribution in [2.45, 2.75) is 19.3 Å². The Morgan fingerprint density at radius 3 is 2.73 bits per heavy atom.